The van der Waals surface area contributed by atoms with Crippen LogP contribution in [0, 0.1) is 11.8 Å². The molecule has 54 heavy (non-hydrogen) atoms. The van der Waals surface area contributed by atoms with Crippen LogP contribution in [0.3, 0.4) is 0 Å². The van der Waals surface area contributed by atoms with Crippen LogP contribution in [0.1, 0.15) is 38.8 Å². The Labute approximate surface area is 311 Å². The predicted molar refractivity (Wildman–Crippen MR) is 222 cm³/mol. The van der Waals surface area contributed by atoms with E-state index < -0.39 is 11.0 Å². The molecule has 0 fully saturated rings. The lowest BCUT2D eigenvalue weighted by molar-refractivity contribution is 0.478. The van der Waals surface area contributed by atoms with Gasteiger partial charge in [-0.25, -0.2) is 0 Å². The molecule has 9 aromatic rings. The molecule has 4 atom stereocenters. The molecule has 4 nitrogen and oxygen atoms in total. The number of furan rings is 2. The largest absolute Gasteiger partial charge is 0.455 e. The third-order valence-corrected chi connectivity index (χ3v) is 13.7. The first-order valence-corrected chi connectivity index (χ1v) is 19.3. The number of hydrogen-bond acceptors (Lipinski definition) is 3. The van der Waals surface area contributed by atoms with Crippen LogP contribution in [0.4, 0.5) is 11.4 Å². The lowest BCUT2D eigenvalue weighted by atomic mass is 9.53. The molecule has 3 aromatic heterocycles. The van der Waals surface area contributed by atoms with Gasteiger partial charge in [0.2, 0.25) is 0 Å². The van der Waals surface area contributed by atoms with E-state index in [0.29, 0.717) is 0 Å². The lowest BCUT2D eigenvalue weighted by Crippen LogP contribution is -2.57. The fraction of sp³-hybridized carbons (Fsp3) is 0.160. The van der Waals surface area contributed by atoms with Gasteiger partial charge in [-0.15, -0.1) is 0 Å². The van der Waals surface area contributed by atoms with Crippen LogP contribution in [0.2, 0.25) is 0 Å². The first kappa shape index (κ1) is 29.2. The van der Waals surface area contributed by atoms with Gasteiger partial charge in [0, 0.05) is 43.9 Å². The van der Waals surface area contributed by atoms with E-state index in [2.05, 4.69) is 171 Å². The van der Waals surface area contributed by atoms with E-state index >= 15 is 0 Å². The summed E-state index contributed by atoms with van der Waals surface area (Å²) in [5.41, 5.74) is 16.0. The van der Waals surface area contributed by atoms with Gasteiger partial charge in [-0.3, -0.25) is 0 Å². The van der Waals surface area contributed by atoms with Gasteiger partial charge in [0.25, 0.3) is 0 Å². The number of fused-ring (bicyclic) bond motifs is 17. The number of para-hydroxylation sites is 4. The molecular formula is C50H36N2O2. The van der Waals surface area contributed by atoms with Crippen molar-refractivity contribution in [1.29, 1.82) is 0 Å². The van der Waals surface area contributed by atoms with Gasteiger partial charge >= 0.3 is 0 Å². The maximum atomic E-state index is 6.83. The number of aromatic nitrogens is 1. The molecule has 13 rings (SSSR count). The highest BCUT2D eigenvalue weighted by molar-refractivity contribution is 6.24. The summed E-state index contributed by atoms with van der Waals surface area (Å²) in [4.78, 5) is 2.65. The standard InChI is InChI=1S/C50H36N2O2/c1-27-25-35-45-39(24-22-32-30-14-7-12-20-41(30)54-47(32)45)52-37-18-10-8-16-34(37)49(3)42(26-28(2)43(27)48(49)50(35,52)4)51-36-17-9-5-15-33(36)44-38(51)23-21-31-29-13-6-11-19-40(29)53-46(31)44/h5-28H,1-4H3. The van der Waals surface area contributed by atoms with E-state index in [1.165, 1.54) is 77.5 Å². The molecular weight excluding hydrogens is 661 g/mol. The second-order valence-corrected chi connectivity index (χ2v) is 16.3. The van der Waals surface area contributed by atoms with Crippen molar-refractivity contribution in [3.8, 4) is 0 Å². The van der Waals surface area contributed by atoms with E-state index in [0.717, 1.165) is 33.1 Å². The highest BCUT2D eigenvalue weighted by atomic mass is 16.3. The Morgan fingerprint density at radius 2 is 1.19 bits per heavy atom. The maximum Gasteiger partial charge on any atom is 0.145 e. The van der Waals surface area contributed by atoms with Crippen molar-refractivity contribution in [2.24, 2.45) is 11.8 Å². The monoisotopic (exact) mass is 696 g/mol. The van der Waals surface area contributed by atoms with Gasteiger partial charge in [0.1, 0.15) is 22.3 Å². The molecule has 0 radical (unpaired) electrons. The number of anilines is 2. The third-order valence-electron chi connectivity index (χ3n) is 13.7. The topological polar surface area (TPSA) is 34.5 Å². The molecule has 0 bridgehead atoms. The number of rotatable bonds is 1. The minimum absolute atomic E-state index is 0.223. The summed E-state index contributed by atoms with van der Waals surface area (Å²) in [6.07, 6.45) is 5.14. The van der Waals surface area contributed by atoms with E-state index in [9.17, 15) is 0 Å². The predicted octanol–water partition coefficient (Wildman–Crippen LogP) is 13.3. The molecule has 5 heterocycles. The van der Waals surface area contributed by atoms with Gasteiger partial charge < -0.3 is 18.3 Å². The summed E-state index contributed by atoms with van der Waals surface area (Å²) in [7, 11) is 0. The first-order chi connectivity index (χ1) is 26.4. The smallest absolute Gasteiger partial charge is 0.145 e. The van der Waals surface area contributed by atoms with Crippen LogP contribution >= 0.6 is 0 Å². The van der Waals surface area contributed by atoms with Crippen molar-refractivity contribution < 1.29 is 8.83 Å². The molecule has 2 aliphatic heterocycles. The molecule has 0 N–H and O–H groups in total. The number of allylic oxidation sites excluding steroid dienone is 4. The van der Waals surface area contributed by atoms with Gasteiger partial charge in [-0.05, 0) is 90.9 Å². The quantitative estimate of drug-likeness (QED) is 0.160. The zero-order valence-corrected chi connectivity index (χ0v) is 30.6. The summed E-state index contributed by atoms with van der Waals surface area (Å²) in [5, 5.41) is 7.04. The van der Waals surface area contributed by atoms with Crippen molar-refractivity contribution >= 4 is 88.3 Å². The van der Waals surface area contributed by atoms with Crippen molar-refractivity contribution in [3.05, 3.63) is 156 Å². The van der Waals surface area contributed by atoms with E-state index in [-0.39, 0.29) is 11.8 Å². The average molecular weight is 697 g/mol. The molecule has 258 valence electrons. The number of nitrogens with zero attached hydrogens (tertiary/aromatic N) is 2. The van der Waals surface area contributed by atoms with E-state index in [4.69, 9.17) is 8.83 Å². The average Bonchev–Trinajstić information content (AvgIpc) is 3.92. The summed E-state index contributed by atoms with van der Waals surface area (Å²) in [5.74, 6) is 0.474. The molecule has 4 aliphatic rings. The maximum absolute atomic E-state index is 6.83. The SMILES string of the molecule is CC1C=C(n2c3ccccc3c3c4oc5ccccc5c4ccc32)C2(C)C3=C1C(C)C=C1c4c(ccc5c4oc4ccccc45)N(c4ccccc42)C13C. The molecule has 6 aromatic carbocycles. The Morgan fingerprint density at radius 3 is 1.98 bits per heavy atom. The molecule has 2 aliphatic carbocycles. The van der Waals surface area contributed by atoms with Crippen LogP contribution in [0.5, 0.6) is 0 Å². The van der Waals surface area contributed by atoms with E-state index in [1.54, 1.807) is 0 Å². The van der Waals surface area contributed by atoms with Crippen molar-refractivity contribution in [1.82, 2.24) is 4.57 Å². The highest BCUT2D eigenvalue weighted by Crippen LogP contribution is 2.70. The number of hydrogen-bond donors (Lipinski definition) is 0. The molecule has 0 amide bonds. The van der Waals surface area contributed by atoms with Gasteiger partial charge in [0.05, 0.1) is 33.1 Å². The van der Waals surface area contributed by atoms with Crippen LogP contribution < -0.4 is 4.90 Å². The summed E-state index contributed by atoms with van der Waals surface area (Å²) < 4.78 is 16.1. The lowest BCUT2D eigenvalue weighted by Gasteiger charge is -2.58. The van der Waals surface area contributed by atoms with E-state index in [1.807, 2.05) is 0 Å². The number of benzene rings is 6. The Morgan fingerprint density at radius 1 is 0.556 bits per heavy atom. The molecule has 4 unspecified atom stereocenters. The summed E-state index contributed by atoms with van der Waals surface area (Å²) in [6.45, 7) is 9.82. The van der Waals surface area contributed by atoms with Crippen LogP contribution in [-0.2, 0) is 5.41 Å². The van der Waals surface area contributed by atoms with Crippen LogP contribution in [0.15, 0.2) is 153 Å². The second-order valence-electron chi connectivity index (χ2n) is 16.3. The third kappa shape index (κ3) is 3.10. The Bertz CT molecular complexity index is 3310. The molecule has 0 saturated heterocycles. The zero-order chi connectivity index (χ0) is 35.8. The summed E-state index contributed by atoms with van der Waals surface area (Å²) in [6, 6.07) is 44.2. The summed E-state index contributed by atoms with van der Waals surface area (Å²) >= 11 is 0. The van der Waals surface area contributed by atoms with Crippen molar-refractivity contribution in [3.63, 3.8) is 0 Å². The Kier molecular flexibility index (Phi) is 5.11. The Balaban J connectivity index is 1.14. The van der Waals surface area contributed by atoms with Gasteiger partial charge in [-0.1, -0.05) is 104 Å². The van der Waals surface area contributed by atoms with Crippen molar-refractivity contribution in [2.75, 3.05) is 4.90 Å². The molecule has 4 heteroatoms. The fourth-order valence-electron chi connectivity index (χ4n) is 11.7. The molecule has 0 saturated carbocycles. The minimum Gasteiger partial charge on any atom is -0.455 e. The highest BCUT2D eigenvalue weighted by Gasteiger charge is 2.63. The van der Waals surface area contributed by atoms with Crippen LogP contribution in [0.25, 0.3) is 77.0 Å². The van der Waals surface area contributed by atoms with Gasteiger partial charge in [0.15, 0.2) is 0 Å². The van der Waals surface area contributed by atoms with Crippen molar-refractivity contribution in [2.45, 2.75) is 38.6 Å². The minimum atomic E-state index is -0.454. The second kappa shape index (κ2) is 9.45. The molecule has 0 spiro atoms. The van der Waals surface area contributed by atoms with Gasteiger partial charge in [-0.2, -0.15) is 0 Å². The normalized spacial score (nSPS) is 24.2. The first-order valence-electron chi connectivity index (χ1n) is 19.3. The zero-order valence-electron chi connectivity index (χ0n) is 30.6. The van der Waals surface area contributed by atoms with Crippen LogP contribution in [-0.4, -0.2) is 10.1 Å². The fourth-order valence-corrected chi connectivity index (χ4v) is 11.7. The Hall–Kier alpha value is -6.26.